The molecule has 2 saturated heterocycles. The first-order chi connectivity index (χ1) is 14.8. The predicted molar refractivity (Wildman–Crippen MR) is 114 cm³/mol. The number of anilines is 1. The van der Waals surface area contributed by atoms with E-state index in [-0.39, 0.29) is 61.6 Å². The van der Waals surface area contributed by atoms with Crippen molar-refractivity contribution in [3.63, 3.8) is 0 Å². The number of carbonyl (C=O) groups is 3. The van der Waals surface area contributed by atoms with Gasteiger partial charge in [0, 0.05) is 49.6 Å². The molecule has 3 amide bonds. The molecule has 0 saturated carbocycles. The Hall–Kier alpha value is -2.75. The van der Waals surface area contributed by atoms with Gasteiger partial charge in [0.1, 0.15) is 0 Å². The third kappa shape index (κ3) is 4.21. The molecule has 2 fully saturated rings. The van der Waals surface area contributed by atoms with Crippen molar-refractivity contribution >= 4 is 45.0 Å². The molecule has 2 aliphatic heterocycles. The first kappa shape index (κ1) is 21.5. The average Bonchev–Trinajstić information content (AvgIpc) is 3.11. The normalized spacial score (nSPS) is 18.0. The number of nitrogens with zero attached hydrogens (tertiary/aromatic N) is 3. The first-order valence-electron chi connectivity index (χ1n) is 9.78. The fourth-order valence-electron chi connectivity index (χ4n) is 3.71. The fourth-order valence-corrected chi connectivity index (χ4v) is 5.43. The van der Waals surface area contributed by atoms with E-state index >= 15 is 0 Å². The third-order valence-electron chi connectivity index (χ3n) is 5.38. The lowest BCUT2D eigenvalue weighted by Crippen LogP contribution is -2.50. The quantitative estimate of drug-likeness (QED) is 0.650. The van der Waals surface area contributed by atoms with Crippen molar-refractivity contribution in [3.05, 3.63) is 59.1 Å². The van der Waals surface area contributed by atoms with E-state index in [9.17, 15) is 22.8 Å². The van der Waals surface area contributed by atoms with Gasteiger partial charge in [-0.15, -0.1) is 0 Å². The molecule has 0 radical (unpaired) electrons. The second-order valence-corrected chi connectivity index (χ2v) is 9.70. The molecule has 0 N–H and O–H groups in total. The van der Waals surface area contributed by atoms with Gasteiger partial charge in [-0.1, -0.05) is 17.7 Å². The molecule has 0 aromatic heterocycles. The zero-order valence-electron chi connectivity index (χ0n) is 16.5. The Morgan fingerprint density at radius 3 is 2.06 bits per heavy atom. The van der Waals surface area contributed by atoms with Crippen LogP contribution in [0.5, 0.6) is 0 Å². The van der Waals surface area contributed by atoms with E-state index in [1.54, 1.807) is 41.3 Å². The van der Waals surface area contributed by atoms with Crippen LogP contribution in [0.25, 0.3) is 0 Å². The van der Waals surface area contributed by atoms with E-state index < -0.39 is 10.0 Å². The van der Waals surface area contributed by atoms with Crippen LogP contribution in [0.1, 0.15) is 23.2 Å². The largest absolute Gasteiger partial charge is 0.336 e. The molecule has 0 spiro atoms. The van der Waals surface area contributed by atoms with Crippen LogP contribution < -0.4 is 4.90 Å². The minimum Gasteiger partial charge on any atom is -0.336 e. The molecule has 2 aromatic rings. The maximum atomic E-state index is 12.8. The Morgan fingerprint density at radius 2 is 1.48 bits per heavy atom. The van der Waals surface area contributed by atoms with Crippen molar-refractivity contribution in [1.82, 2.24) is 9.21 Å². The Bertz CT molecular complexity index is 1130. The van der Waals surface area contributed by atoms with Crippen molar-refractivity contribution < 1.29 is 22.8 Å². The molecule has 2 aliphatic rings. The topological polar surface area (TPSA) is 95.1 Å². The predicted octanol–water partition coefficient (Wildman–Crippen LogP) is 2.14. The number of carbonyl (C=O) groups excluding carboxylic acids is 3. The average molecular weight is 462 g/mol. The Balaban J connectivity index is 1.41. The van der Waals surface area contributed by atoms with Crippen molar-refractivity contribution in [2.75, 3.05) is 31.1 Å². The summed E-state index contributed by atoms with van der Waals surface area (Å²) in [5.41, 5.74) is 0.857. The highest BCUT2D eigenvalue weighted by Crippen LogP contribution is 2.24. The number of hydrogen-bond donors (Lipinski definition) is 0. The highest BCUT2D eigenvalue weighted by Gasteiger charge is 2.32. The van der Waals surface area contributed by atoms with E-state index in [0.717, 1.165) is 4.90 Å². The summed E-state index contributed by atoms with van der Waals surface area (Å²) in [5, 5.41) is 0.343. The zero-order chi connectivity index (χ0) is 22.2. The summed E-state index contributed by atoms with van der Waals surface area (Å²) < 4.78 is 27.0. The highest BCUT2D eigenvalue weighted by atomic mass is 35.5. The van der Waals surface area contributed by atoms with Crippen LogP contribution in [0.3, 0.4) is 0 Å². The van der Waals surface area contributed by atoms with Crippen molar-refractivity contribution in [2.45, 2.75) is 17.7 Å². The van der Waals surface area contributed by atoms with Crippen LogP contribution in [0.15, 0.2) is 53.4 Å². The monoisotopic (exact) mass is 461 g/mol. The number of amides is 3. The molecule has 10 heteroatoms. The SMILES string of the molecule is O=C(c1ccc(N2C(=O)CCC2=O)cc1)N1CCN(S(=O)(=O)c2cccc(Cl)c2)CC1. The maximum Gasteiger partial charge on any atom is 0.253 e. The maximum absolute atomic E-state index is 12.8. The van der Waals surface area contributed by atoms with Gasteiger partial charge >= 0.3 is 0 Å². The smallest absolute Gasteiger partial charge is 0.253 e. The van der Waals surface area contributed by atoms with E-state index in [1.807, 2.05) is 0 Å². The molecular weight excluding hydrogens is 442 g/mol. The molecule has 2 heterocycles. The van der Waals surface area contributed by atoms with Gasteiger partial charge in [-0.3, -0.25) is 19.3 Å². The standard InChI is InChI=1S/C21H20ClN3O5S/c22-16-2-1-3-18(14-16)31(29,30)24-12-10-23(11-13-24)21(28)15-4-6-17(7-5-15)25-19(26)8-9-20(25)27/h1-7,14H,8-13H2. The summed E-state index contributed by atoms with van der Waals surface area (Å²) in [7, 11) is -3.68. The van der Waals surface area contributed by atoms with Crippen LogP contribution in [0, 0.1) is 0 Å². The molecular formula is C21H20ClN3O5S. The second-order valence-electron chi connectivity index (χ2n) is 7.32. The number of rotatable bonds is 4. The molecule has 162 valence electrons. The van der Waals surface area contributed by atoms with Crippen LogP contribution in [-0.4, -0.2) is 61.5 Å². The molecule has 2 aromatic carbocycles. The van der Waals surface area contributed by atoms with Crippen LogP contribution in [0.2, 0.25) is 5.02 Å². The second kappa shape index (κ2) is 8.41. The molecule has 4 rings (SSSR count). The van der Waals surface area contributed by atoms with Gasteiger partial charge in [0.25, 0.3) is 5.91 Å². The molecule has 0 aliphatic carbocycles. The molecule has 31 heavy (non-hydrogen) atoms. The summed E-state index contributed by atoms with van der Waals surface area (Å²) in [5.74, 6) is -0.729. The van der Waals surface area contributed by atoms with Crippen LogP contribution in [-0.2, 0) is 19.6 Å². The number of benzene rings is 2. The van der Waals surface area contributed by atoms with E-state index in [1.165, 1.54) is 16.4 Å². The Morgan fingerprint density at radius 1 is 0.871 bits per heavy atom. The van der Waals surface area contributed by atoms with Gasteiger partial charge in [0.05, 0.1) is 10.6 Å². The van der Waals surface area contributed by atoms with Gasteiger partial charge < -0.3 is 4.90 Å². The molecule has 0 unspecified atom stereocenters. The van der Waals surface area contributed by atoms with Gasteiger partial charge in [-0.05, 0) is 42.5 Å². The van der Waals surface area contributed by atoms with Crippen molar-refractivity contribution in [1.29, 1.82) is 0 Å². The zero-order valence-corrected chi connectivity index (χ0v) is 18.1. The van der Waals surface area contributed by atoms with E-state index in [0.29, 0.717) is 16.3 Å². The van der Waals surface area contributed by atoms with Crippen LogP contribution >= 0.6 is 11.6 Å². The molecule has 0 atom stereocenters. The summed E-state index contributed by atoms with van der Waals surface area (Å²) in [6, 6.07) is 12.4. The van der Waals surface area contributed by atoms with Gasteiger partial charge in [0.15, 0.2) is 0 Å². The lowest BCUT2D eigenvalue weighted by Gasteiger charge is -2.34. The first-order valence-corrected chi connectivity index (χ1v) is 11.6. The molecule has 0 bridgehead atoms. The Kier molecular flexibility index (Phi) is 5.83. The van der Waals surface area contributed by atoms with Gasteiger partial charge in [0.2, 0.25) is 21.8 Å². The lowest BCUT2D eigenvalue weighted by molar-refractivity contribution is -0.121. The summed E-state index contributed by atoms with van der Waals surface area (Å²) in [6.45, 7) is 0.859. The number of sulfonamides is 1. The van der Waals surface area contributed by atoms with Crippen molar-refractivity contribution in [2.24, 2.45) is 0 Å². The Labute approximate surface area is 185 Å². The highest BCUT2D eigenvalue weighted by molar-refractivity contribution is 7.89. The van der Waals surface area contributed by atoms with Crippen LogP contribution in [0.4, 0.5) is 5.69 Å². The van der Waals surface area contributed by atoms with Gasteiger partial charge in [-0.25, -0.2) is 8.42 Å². The van der Waals surface area contributed by atoms with E-state index in [2.05, 4.69) is 0 Å². The van der Waals surface area contributed by atoms with Gasteiger partial charge in [-0.2, -0.15) is 4.31 Å². The minimum absolute atomic E-state index is 0.126. The van der Waals surface area contributed by atoms with E-state index in [4.69, 9.17) is 11.6 Å². The fraction of sp³-hybridized carbons (Fsp3) is 0.286. The van der Waals surface area contributed by atoms with Crippen molar-refractivity contribution in [3.8, 4) is 0 Å². The summed E-state index contributed by atoms with van der Waals surface area (Å²) >= 11 is 5.91. The number of halogens is 1. The molecule has 8 nitrogen and oxygen atoms in total. The summed E-state index contributed by atoms with van der Waals surface area (Å²) in [4.78, 5) is 39.4. The number of hydrogen-bond acceptors (Lipinski definition) is 5. The minimum atomic E-state index is -3.68. The third-order valence-corrected chi connectivity index (χ3v) is 7.51. The lowest BCUT2D eigenvalue weighted by atomic mass is 10.1. The number of imide groups is 1. The summed E-state index contributed by atoms with van der Waals surface area (Å²) in [6.07, 6.45) is 0.393. The number of piperazine rings is 1.